The molecule has 2 aromatic carbocycles. The maximum Gasteiger partial charge on any atom is 0.253 e. The Labute approximate surface area is 185 Å². The van der Waals surface area contributed by atoms with Gasteiger partial charge in [-0.05, 0) is 34.9 Å². The summed E-state index contributed by atoms with van der Waals surface area (Å²) in [7, 11) is 0. The van der Waals surface area contributed by atoms with Crippen molar-refractivity contribution < 1.29 is 4.79 Å². The number of fused-ring (bicyclic) bond motifs is 2. The molecule has 0 spiro atoms. The van der Waals surface area contributed by atoms with Crippen LogP contribution >= 0.6 is 11.8 Å². The number of aromatic nitrogens is 4. The highest BCUT2D eigenvalue weighted by Crippen LogP contribution is 2.33. The molecular weight excluding hydrogens is 404 g/mol. The number of rotatable bonds is 5. The third kappa shape index (κ3) is 4.12. The number of benzene rings is 2. The Morgan fingerprint density at radius 1 is 1.03 bits per heavy atom. The van der Waals surface area contributed by atoms with Gasteiger partial charge in [-0.3, -0.25) is 4.79 Å². The van der Waals surface area contributed by atoms with Crippen molar-refractivity contribution in [2.24, 2.45) is 0 Å². The molecule has 0 bridgehead atoms. The Balaban J connectivity index is 1.38. The van der Waals surface area contributed by atoms with Crippen LogP contribution in [0.15, 0.2) is 66.0 Å². The van der Waals surface area contributed by atoms with E-state index in [1.54, 1.807) is 22.5 Å². The highest BCUT2D eigenvalue weighted by molar-refractivity contribution is 7.98. The maximum absolute atomic E-state index is 12.9. The molecule has 31 heavy (non-hydrogen) atoms. The SMILES string of the molecule is CC(C)c1ccc(C2CC(=O)c3cn4nc(SCc5ccccc5)nc4nc3C2)cc1. The summed E-state index contributed by atoms with van der Waals surface area (Å²) in [4.78, 5) is 22.2. The summed E-state index contributed by atoms with van der Waals surface area (Å²) in [5.74, 6) is 2.14. The first-order valence-electron chi connectivity index (χ1n) is 10.6. The molecule has 0 fully saturated rings. The highest BCUT2D eigenvalue weighted by atomic mass is 32.2. The lowest BCUT2D eigenvalue weighted by atomic mass is 9.81. The average molecular weight is 429 g/mol. The zero-order valence-electron chi connectivity index (χ0n) is 17.7. The van der Waals surface area contributed by atoms with Crippen molar-refractivity contribution in [2.75, 3.05) is 0 Å². The predicted molar refractivity (Wildman–Crippen MR) is 123 cm³/mol. The lowest BCUT2D eigenvalue weighted by molar-refractivity contribution is 0.0962. The van der Waals surface area contributed by atoms with Crippen LogP contribution in [0.2, 0.25) is 0 Å². The molecule has 5 nitrogen and oxygen atoms in total. The summed E-state index contributed by atoms with van der Waals surface area (Å²) in [6, 6.07) is 18.9. The lowest BCUT2D eigenvalue weighted by Gasteiger charge is -2.23. The van der Waals surface area contributed by atoms with Gasteiger partial charge in [0.25, 0.3) is 5.78 Å². The number of Topliss-reactive ketones (excluding diaryl/α,β-unsaturated/α-hetero) is 1. The number of hydrogen-bond donors (Lipinski definition) is 0. The van der Waals surface area contributed by atoms with Gasteiger partial charge in [0.15, 0.2) is 5.78 Å². The normalized spacial score (nSPS) is 16.1. The van der Waals surface area contributed by atoms with Crippen molar-refractivity contribution in [2.45, 2.75) is 49.4 Å². The summed E-state index contributed by atoms with van der Waals surface area (Å²) >= 11 is 1.58. The van der Waals surface area contributed by atoms with Crippen LogP contribution in [-0.2, 0) is 12.2 Å². The fraction of sp³-hybridized carbons (Fsp3) is 0.280. The molecule has 0 amide bonds. The Hall–Kier alpha value is -2.99. The van der Waals surface area contributed by atoms with Crippen molar-refractivity contribution >= 4 is 23.3 Å². The van der Waals surface area contributed by atoms with Gasteiger partial charge in [-0.25, -0.2) is 9.50 Å². The topological polar surface area (TPSA) is 60.2 Å². The number of ketones is 1. The van der Waals surface area contributed by atoms with Gasteiger partial charge in [-0.2, -0.15) is 4.98 Å². The predicted octanol–water partition coefficient (Wildman–Crippen LogP) is 5.45. The first kappa shape index (κ1) is 19.9. The molecule has 2 heterocycles. The number of carbonyl (C=O) groups excluding carboxylic acids is 1. The monoisotopic (exact) mass is 428 g/mol. The van der Waals surface area contributed by atoms with Gasteiger partial charge >= 0.3 is 0 Å². The Morgan fingerprint density at radius 3 is 2.55 bits per heavy atom. The Kier molecular flexibility index (Phi) is 5.32. The number of thioether (sulfide) groups is 1. The Bertz CT molecular complexity index is 1230. The summed E-state index contributed by atoms with van der Waals surface area (Å²) < 4.78 is 1.64. The van der Waals surface area contributed by atoms with Gasteiger partial charge in [-0.1, -0.05) is 80.2 Å². The van der Waals surface area contributed by atoms with Crippen LogP contribution in [0, 0.1) is 0 Å². The van der Waals surface area contributed by atoms with E-state index in [0.29, 0.717) is 28.8 Å². The first-order valence-corrected chi connectivity index (χ1v) is 11.6. The first-order chi connectivity index (χ1) is 15.1. The molecule has 1 aliphatic rings. The lowest BCUT2D eigenvalue weighted by Crippen LogP contribution is -2.21. The second-order valence-corrected chi connectivity index (χ2v) is 9.31. The van der Waals surface area contributed by atoms with Crippen LogP contribution in [-0.4, -0.2) is 25.4 Å². The van der Waals surface area contributed by atoms with E-state index in [0.717, 1.165) is 17.9 Å². The van der Waals surface area contributed by atoms with E-state index < -0.39 is 0 Å². The number of carbonyl (C=O) groups is 1. The van der Waals surface area contributed by atoms with Crippen LogP contribution in [0.1, 0.15) is 64.8 Å². The zero-order chi connectivity index (χ0) is 21.4. The van der Waals surface area contributed by atoms with Crippen LogP contribution in [0.3, 0.4) is 0 Å². The minimum absolute atomic E-state index is 0.127. The van der Waals surface area contributed by atoms with E-state index >= 15 is 0 Å². The number of nitrogens with zero attached hydrogens (tertiary/aromatic N) is 4. The quantitative estimate of drug-likeness (QED) is 0.396. The van der Waals surface area contributed by atoms with Crippen LogP contribution < -0.4 is 0 Å². The molecule has 4 aromatic rings. The van der Waals surface area contributed by atoms with Crippen molar-refractivity contribution in [3.63, 3.8) is 0 Å². The molecule has 0 N–H and O–H groups in total. The van der Waals surface area contributed by atoms with Gasteiger partial charge < -0.3 is 0 Å². The summed E-state index contributed by atoms with van der Waals surface area (Å²) in [6.45, 7) is 4.38. The molecular formula is C25H24N4OS. The van der Waals surface area contributed by atoms with Gasteiger partial charge in [0.1, 0.15) is 0 Å². The van der Waals surface area contributed by atoms with E-state index in [4.69, 9.17) is 4.98 Å². The third-order valence-corrected chi connectivity index (χ3v) is 6.76. The maximum atomic E-state index is 12.9. The molecule has 6 heteroatoms. The van der Waals surface area contributed by atoms with E-state index in [-0.39, 0.29) is 11.7 Å². The second kappa shape index (κ2) is 8.27. The molecule has 5 rings (SSSR count). The minimum atomic E-state index is 0.127. The molecule has 1 unspecified atom stereocenters. The standard InChI is InChI=1S/C25H24N4OS/c1-16(2)18-8-10-19(11-9-18)20-12-22-21(23(30)13-20)14-29-24(26-22)27-25(28-29)31-15-17-6-4-3-5-7-17/h3-11,14,16,20H,12-13,15H2,1-2H3. The van der Waals surface area contributed by atoms with E-state index in [1.807, 2.05) is 18.2 Å². The summed E-state index contributed by atoms with van der Waals surface area (Å²) in [5, 5.41) is 5.20. The smallest absolute Gasteiger partial charge is 0.253 e. The molecule has 1 aliphatic carbocycles. The molecule has 156 valence electrons. The molecule has 1 atom stereocenters. The molecule has 0 saturated carbocycles. The van der Waals surface area contributed by atoms with Crippen LogP contribution in [0.5, 0.6) is 0 Å². The van der Waals surface area contributed by atoms with Crippen molar-refractivity contribution in [1.29, 1.82) is 0 Å². The second-order valence-electron chi connectivity index (χ2n) is 8.36. The van der Waals surface area contributed by atoms with Gasteiger partial charge in [0.2, 0.25) is 5.16 Å². The third-order valence-electron chi connectivity index (χ3n) is 5.85. The molecule has 0 aliphatic heterocycles. The largest absolute Gasteiger partial charge is 0.294 e. The van der Waals surface area contributed by atoms with Gasteiger partial charge in [-0.15, -0.1) is 5.10 Å². The number of hydrogen-bond acceptors (Lipinski definition) is 5. The van der Waals surface area contributed by atoms with Gasteiger partial charge in [0, 0.05) is 18.4 Å². The van der Waals surface area contributed by atoms with E-state index in [2.05, 4.69) is 60.3 Å². The summed E-state index contributed by atoms with van der Waals surface area (Å²) in [6.07, 6.45) is 3.06. The molecule has 0 saturated heterocycles. The van der Waals surface area contributed by atoms with E-state index in [9.17, 15) is 4.79 Å². The zero-order valence-corrected chi connectivity index (χ0v) is 18.5. The summed E-state index contributed by atoms with van der Waals surface area (Å²) in [5.41, 5.74) is 5.24. The van der Waals surface area contributed by atoms with Crippen molar-refractivity contribution in [3.8, 4) is 0 Å². The van der Waals surface area contributed by atoms with E-state index in [1.165, 1.54) is 16.7 Å². The fourth-order valence-corrected chi connectivity index (χ4v) is 4.82. The minimum Gasteiger partial charge on any atom is -0.294 e. The fourth-order valence-electron chi connectivity index (χ4n) is 4.04. The highest BCUT2D eigenvalue weighted by Gasteiger charge is 2.28. The average Bonchev–Trinajstić information content (AvgIpc) is 3.19. The van der Waals surface area contributed by atoms with Crippen LogP contribution in [0.4, 0.5) is 0 Å². The van der Waals surface area contributed by atoms with Gasteiger partial charge in [0.05, 0.1) is 11.3 Å². The molecule has 2 aromatic heterocycles. The Morgan fingerprint density at radius 2 is 1.81 bits per heavy atom. The molecule has 0 radical (unpaired) electrons. The van der Waals surface area contributed by atoms with Crippen LogP contribution in [0.25, 0.3) is 5.78 Å². The van der Waals surface area contributed by atoms with Crippen molar-refractivity contribution in [3.05, 3.63) is 88.7 Å². The van der Waals surface area contributed by atoms with Crippen molar-refractivity contribution in [1.82, 2.24) is 19.6 Å².